The van der Waals surface area contributed by atoms with E-state index in [0.29, 0.717) is 10.8 Å². The Labute approximate surface area is 67.6 Å². The molecule has 0 spiro atoms. The molecule has 0 aromatic rings. The first kappa shape index (κ1) is 7.04. The van der Waals surface area contributed by atoms with Crippen molar-refractivity contribution in [2.24, 2.45) is 0 Å². The maximum atomic E-state index is 5.11. The second-order valence-electron chi connectivity index (χ2n) is 1.59. The van der Waals surface area contributed by atoms with Crippen LogP contribution in [0.4, 0.5) is 0 Å². The Morgan fingerprint density at radius 2 is 2.67 bits per heavy atom. The van der Waals surface area contributed by atoms with E-state index in [1.165, 1.54) is 0 Å². The van der Waals surface area contributed by atoms with Crippen molar-refractivity contribution >= 4 is 27.7 Å². The van der Waals surface area contributed by atoms with Gasteiger partial charge in [0.1, 0.15) is 4.28 Å². The van der Waals surface area contributed by atoms with Gasteiger partial charge in [0, 0.05) is 6.20 Å². The second-order valence-corrected chi connectivity index (χ2v) is 4.05. The lowest BCUT2D eigenvalue weighted by Crippen LogP contribution is -2.19. The Hall–Kier alpha value is -0.0700. The van der Waals surface area contributed by atoms with Crippen molar-refractivity contribution in [3.63, 3.8) is 0 Å². The van der Waals surface area contributed by atoms with Crippen LogP contribution in [-0.4, -0.2) is 15.7 Å². The van der Waals surface area contributed by atoms with Crippen LogP contribution in [0, 0.1) is 12.3 Å². The van der Waals surface area contributed by atoms with Gasteiger partial charge in [-0.05, 0) is 5.41 Å². The van der Waals surface area contributed by atoms with E-state index in [0.717, 1.165) is 0 Å². The lowest BCUT2D eigenvalue weighted by atomic mass is 10.6. The van der Waals surface area contributed by atoms with E-state index in [9.17, 15) is 0 Å². The summed E-state index contributed by atoms with van der Waals surface area (Å²) in [4.78, 5) is 2.05. The zero-order valence-electron chi connectivity index (χ0n) is 4.75. The van der Waals surface area contributed by atoms with Crippen LogP contribution in [0.5, 0.6) is 0 Å². The van der Waals surface area contributed by atoms with Crippen molar-refractivity contribution in [2.75, 3.05) is 6.54 Å². The van der Waals surface area contributed by atoms with Crippen LogP contribution in [0.25, 0.3) is 0 Å². The maximum Gasteiger partial charge on any atom is 0.135 e. The number of hydrogen-bond acceptors (Lipinski definition) is 2. The van der Waals surface area contributed by atoms with Gasteiger partial charge in [-0.15, -0.1) is 6.42 Å². The van der Waals surface area contributed by atoms with Crippen LogP contribution in [0.15, 0.2) is 11.6 Å². The Bertz CT molecular complexity index is 161. The van der Waals surface area contributed by atoms with E-state index in [-0.39, 0.29) is 0 Å². The third-order valence-corrected chi connectivity index (χ3v) is 2.93. The molecule has 0 saturated carbocycles. The first-order chi connectivity index (χ1) is 4.34. The zero-order chi connectivity index (χ0) is 6.69. The monoisotopic (exact) mass is 203 g/mol. The fourth-order valence-electron chi connectivity index (χ4n) is 0.554. The Kier molecular flexibility index (Phi) is 2.49. The summed E-state index contributed by atoms with van der Waals surface area (Å²) in [5.74, 6) is 2.57. The molecule has 1 aliphatic rings. The minimum Gasteiger partial charge on any atom is -0.345 e. The minimum atomic E-state index is 0.341. The van der Waals surface area contributed by atoms with Gasteiger partial charge in [0.15, 0.2) is 0 Å². The summed E-state index contributed by atoms with van der Waals surface area (Å²) in [5, 5.41) is 2.02. The molecule has 48 valence electrons. The predicted octanol–water partition coefficient (Wildman–Crippen LogP) is 1.82. The molecule has 0 aliphatic carbocycles. The maximum absolute atomic E-state index is 5.11. The molecule has 1 unspecified atom stereocenters. The van der Waals surface area contributed by atoms with Crippen LogP contribution >= 0.6 is 27.7 Å². The zero-order valence-corrected chi connectivity index (χ0v) is 7.15. The average Bonchev–Trinajstić information content (AvgIpc) is 2.18. The lowest BCUT2D eigenvalue weighted by Gasteiger charge is -2.15. The van der Waals surface area contributed by atoms with Gasteiger partial charge in [0.2, 0.25) is 0 Å². The molecule has 1 aliphatic heterocycles. The van der Waals surface area contributed by atoms with Crippen molar-refractivity contribution in [3.8, 4) is 12.3 Å². The Balaban J connectivity index is 2.42. The van der Waals surface area contributed by atoms with Gasteiger partial charge < -0.3 is 4.90 Å². The summed E-state index contributed by atoms with van der Waals surface area (Å²) in [7, 11) is 0. The molecule has 0 aromatic heterocycles. The van der Waals surface area contributed by atoms with Crippen LogP contribution < -0.4 is 0 Å². The smallest absolute Gasteiger partial charge is 0.135 e. The highest BCUT2D eigenvalue weighted by molar-refractivity contribution is 9.11. The van der Waals surface area contributed by atoms with E-state index < -0.39 is 0 Å². The number of alkyl halides is 1. The first-order valence-electron chi connectivity index (χ1n) is 2.50. The highest BCUT2D eigenvalue weighted by Crippen LogP contribution is 2.28. The van der Waals surface area contributed by atoms with E-state index in [2.05, 4.69) is 21.9 Å². The number of terminal acetylenes is 1. The third-order valence-electron chi connectivity index (χ3n) is 0.978. The number of thioether (sulfide) groups is 1. The van der Waals surface area contributed by atoms with Crippen LogP contribution in [0.1, 0.15) is 0 Å². The molecule has 1 atom stereocenters. The normalized spacial score (nSPS) is 24.4. The number of nitrogens with zero attached hydrogens (tertiary/aromatic N) is 1. The quantitative estimate of drug-likeness (QED) is 0.364. The molecule has 1 heterocycles. The van der Waals surface area contributed by atoms with Gasteiger partial charge in [-0.1, -0.05) is 33.6 Å². The van der Waals surface area contributed by atoms with Gasteiger partial charge in [-0.25, -0.2) is 0 Å². The molecule has 9 heavy (non-hydrogen) atoms. The van der Waals surface area contributed by atoms with Gasteiger partial charge in [-0.3, -0.25) is 0 Å². The summed E-state index contributed by atoms with van der Waals surface area (Å²) in [5.41, 5.74) is 0. The van der Waals surface area contributed by atoms with Crippen molar-refractivity contribution in [1.29, 1.82) is 0 Å². The molecule has 0 radical (unpaired) electrons. The predicted molar refractivity (Wildman–Crippen MR) is 45.0 cm³/mol. The summed E-state index contributed by atoms with van der Waals surface area (Å²) < 4.78 is 0.341. The third kappa shape index (κ3) is 1.67. The van der Waals surface area contributed by atoms with Gasteiger partial charge in [-0.2, -0.15) is 0 Å². The van der Waals surface area contributed by atoms with Gasteiger partial charge in [0.05, 0.1) is 6.54 Å². The molecule has 0 N–H and O–H groups in total. The highest BCUT2D eigenvalue weighted by Gasteiger charge is 2.13. The molecule has 1 rings (SSSR count). The molecule has 3 heteroatoms. The average molecular weight is 204 g/mol. The molecular weight excluding hydrogens is 198 g/mol. The number of rotatable bonds is 1. The Morgan fingerprint density at radius 1 is 1.89 bits per heavy atom. The van der Waals surface area contributed by atoms with Crippen molar-refractivity contribution in [3.05, 3.63) is 11.6 Å². The molecule has 0 bridgehead atoms. The van der Waals surface area contributed by atoms with Crippen LogP contribution in [0.2, 0.25) is 0 Å². The fourth-order valence-corrected chi connectivity index (χ4v) is 1.87. The van der Waals surface area contributed by atoms with E-state index in [4.69, 9.17) is 6.42 Å². The Morgan fingerprint density at radius 3 is 3.11 bits per heavy atom. The molecule has 0 saturated heterocycles. The fraction of sp³-hybridized carbons (Fsp3) is 0.333. The summed E-state index contributed by atoms with van der Waals surface area (Å²) in [6.45, 7) is 0.680. The first-order valence-corrected chi connectivity index (χ1v) is 4.36. The molecular formula is C6H6BrNS. The largest absolute Gasteiger partial charge is 0.345 e. The van der Waals surface area contributed by atoms with E-state index >= 15 is 0 Å². The second kappa shape index (κ2) is 3.19. The van der Waals surface area contributed by atoms with E-state index in [1.54, 1.807) is 11.8 Å². The van der Waals surface area contributed by atoms with Crippen molar-refractivity contribution in [2.45, 2.75) is 4.28 Å². The summed E-state index contributed by atoms with van der Waals surface area (Å²) in [6, 6.07) is 0. The van der Waals surface area contributed by atoms with E-state index in [1.807, 2.05) is 16.5 Å². The molecule has 0 aromatic carbocycles. The molecule has 0 fully saturated rings. The highest BCUT2D eigenvalue weighted by atomic mass is 79.9. The summed E-state index contributed by atoms with van der Waals surface area (Å²) in [6.07, 6.45) is 7.10. The number of hydrogen-bond donors (Lipinski definition) is 0. The van der Waals surface area contributed by atoms with Gasteiger partial charge in [0.25, 0.3) is 0 Å². The van der Waals surface area contributed by atoms with Gasteiger partial charge >= 0.3 is 0 Å². The minimum absolute atomic E-state index is 0.341. The number of halogens is 1. The molecule has 0 amide bonds. The lowest BCUT2D eigenvalue weighted by molar-refractivity contribution is 0.487. The topological polar surface area (TPSA) is 3.24 Å². The standard InChI is InChI=1S/C6H6BrNS/c1-2-3-8-4-5-9-6(8)7/h1,4-6H,3H2. The SMILES string of the molecule is C#CCN1C=CSC1Br. The van der Waals surface area contributed by atoms with Crippen LogP contribution in [0.3, 0.4) is 0 Å². The summed E-state index contributed by atoms with van der Waals surface area (Å²) >= 11 is 5.15. The van der Waals surface area contributed by atoms with Crippen molar-refractivity contribution < 1.29 is 0 Å². The van der Waals surface area contributed by atoms with Crippen molar-refractivity contribution in [1.82, 2.24) is 4.90 Å². The molecule has 1 nitrogen and oxygen atoms in total. The van der Waals surface area contributed by atoms with Crippen LogP contribution in [-0.2, 0) is 0 Å².